The lowest BCUT2D eigenvalue weighted by molar-refractivity contribution is -0.127. The highest BCUT2D eigenvalue weighted by Crippen LogP contribution is 2.23. The van der Waals surface area contributed by atoms with Crippen LogP contribution in [0.3, 0.4) is 0 Å². The van der Waals surface area contributed by atoms with Gasteiger partial charge in [-0.15, -0.1) is 0 Å². The molecule has 1 amide bonds. The molecular weight excluding hydrogens is 402 g/mol. The molecule has 168 valence electrons. The monoisotopic (exact) mass is 437 g/mol. The van der Waals surface area contributed by atoms with E-state index in [2.05, 4.69) is 41.4 Å². The van der Waals surface area contributed by atoms with Gasteiger partial charge in [0, 0.05) is 38.6 Å². The Kier molecular flexibility index (Phi) is 8.27. The summed E-state index contributed by atoms with van der Waals surface area (Å²) in [7, 11) is -3.19. The van der Waals surface area contributed by atoms with Crippen molar-refractivity contribution in [3.05, 3.63) is 35.4 Å². The van der Waals surface area contributed by atoms with Gasteiger partial charge in [-0.05, 0) is 31.7 Å². The highest BCUT2D eigenvalue weighted by atomic mass is 32.2. The lowest BCUT2D eigenvalue weighted by Crippen LogP contribution is -2.47. The number of nitrogens with zero attached hydrogens (tertiary/aromatic N) is 2. The van der Waals surface area contributed by atoms with Crippen molar-refractivity contribution in [1.29, 1.82) is 0 Å². The zero-order chi connectivity index (χ0) is 21.6. The molecule has 3 rings (SSSR count). The van der Waals surface area contributed by atoms with Crippen molar-refractivity contribution >= 4 is 15.9 Å². The minimum Gasteiger partial charge on any atom is -0.379 e. The molecule has 0 aliphatic carbocycles. The van der Waals surface area contributed by atoms with E-state index in [1.165, 1.54) is 5.56 Å². The molecule has 0 radical (unpaired) electrons. The van der Waals surface area contributed by atoms with E-state index in [9.17, 15) is 13.2 Å². The quantitative estimate of drug-likeness (QED) is 0.672. The molecular formula is C22H35N3O4S. The van der Waals surface area contributed by atoms with Crippen LogP contribution in [0.5, 0.6) is 0 Å². The SMILES string of the molecule is CCCS(=O)(=O)N1CCC(C(=O)N[C@@H](CN2CCOCC2)c2ccc(C)cc2)CC1. The Labute approximate surface area is 180 Å². The molecule has 2 fully saturated rings. The first-order chi connectivity index (χ1) is 14.4. The number of sulfonamides is 1. The fraction of sp³-hybridized carbons (Fsp3) is 0.682. The summed E-state index contributed by atoms with van der Waals surface area (Å²) in [5, 5.41) is 3.26. The third kappa shape index (κ3) is 6.26. The largest absolute Gasteiger partial charge is 0.379 e. The molecule has 1 aromatic rings. The number of aryl methyl sites for hydroxylation is 1. The van der Waals surface area contributed by atoms with Crippen LogP contribution in [-0.4, -0.2) is 75.2 Å². The molecule has 30 heavy (non-hydrogen) atoms. The lowest BCUT2D eigenvalue weighted by Gasteiger charge is -2.34. The van der Waals surface area contributed by atoms with Crippen LogP contribution in [0, 0.1) is 12.8 Å². The Balaban J connectivity index is 1.62. The fourth-order valence-electron chi connectivity index (χ4n) is 4.15. The van der Waals surface area contributed by atoms with Crippen molar-refractivity contribution in [3.8, 4) is 0 Å². The molecule has 1 aromatic carbocycles. The number of rotatable bonds is 8. The molecule has 1 atom stereocenters. The van der Waals surface area contributed by atoms with Gasteiger partial charge in [0.25, 0.3) is 0 Å². The van der Waals surface area contributed by atoms with Gasteiger partial charge in [-0.25, -0.2) is 12.7 Å². The van der Waals surface area contributed by atoms with E-state index < -0.39 is 10.0 Å². The van der Waals surface area contributed by atoms with Crippen molar-refractivity contribution in [3.63, 3.8) is 0 Å². The molecule has 8 heteroatoms. The zero-order valence-electron chi connectivity index (χ0n) is 18.2. The normalized spacial score (nSPS) is 20.7. The predicted octanol–water partition coefficient (Wildman–Crippen LogP) is 1.94. The standard InChI is InChI=1S/C22H35N3O4S/c1-3-16-30(27,28)25-10-8-20(9-11-25)22(26)23-21(17-24-12-14-29-15-13-24)19-6-4-18(2)5-7-19/h4-7,20-21H,3,8-17H2,1-2H3,(H,23,26)/t21-/m0/s1. The number of benzene rings is 1. The Morgan fingerprint density at radius 3 is 2.37 bits per heavy atom. The maximum absolute atomic E-state index is 13.1. The van der Waals surface area contributed by atoms with E-state index >= 15 is 0 Å². The van der Waals surface area contributed by atoms with Gasteiger partial charge in [0.15, 0.2) is 0 Å². The molecule has 2 aliphatic rings. The van der Waals surface area contributed by atoms with E-state index in [4.69, 9.17) is 4.74 Å². The molecule has 2 aliphatic heterocycles. The van der Waals surface area contributed by atoms with Crippen molar-refractivity contribution in [2.75, 3.05) is 51.7 Å². The van der Waals surface area contributed by atoms with Gasteiger partial charge in [-0.2, -0.15) is 0 Å². The van der Waals surface area contributed by atoms with Crippen LogP contribution in [0.15, 0.2) is 24.3 Å². The van der Waals surface area contributed by atoms with E-state index in [1.54, 1.807) is 4.31 Å². The molecule has 0 bridgehead atoms. The summed E-state index contributed by atoms with van der Waals surface area (Å²) in [5.74, 6) is 0.0657. The van der Waals surface area contributed by atoms with Crippen LogP contribution in [0.2, 0.25) is 0 Å². The van der Waals surface area contributed by atoms with Gasteiger partial charge >= 0.3 is 0 Å². The first kappa shape index (κ1) is 23.2. The van der Waals surface area contributed by atoms with E-state index in [0.717, 1.165) is 38.4 Å². The Hall–Kier alpha value is -1.48. The van der Waals surface area contributed by atoms with Gasteiger partial charge in [-0.3, -0.25) is 9.69 Å². The third-order valence-corrected chi connectivity index (χ3v) is 8.10. The number of morpholine rings is 1. The zero-order valence-corrected chi connectivity index (χ0v) is 19.0. The second-order valence-electron chi connectivity index (χ2n) is 8.37. The van der Waals surface area contributed by atoms with Crippen LogP contribution in [0.4, 0.5) is 0 Å². The van der Waals surface area contributed by atoms with Crippen LogP contribution in [-0.2, 0) is 19.6 Å². The number of amides is 1. The minimum atomic E-state index is -3.19. The summed E-state index contributed by atoms with van der Waals surface area (Å²) in [6.45, 7) is 8.72. The molecule has 2 saturated heterocycles. The highest BCUT2D eigenvalue weighted by Gasteiger charge is 2.32. The van der Waals surface area contributed by atoms with Gasteiger partial charge in [-0.1, -0.05) is 36.8 Å². The Bertz CT molecular complexity index is 783. The summed E-state index contributed by atoms with van der Waals surface area (Å²) in [5.41, 5.74) is 2.29. The van der Waals surface area contributed by atoms with Gasteiger partial charge < -0.3 is 10.1 Å². The van der Waals surface area contributed by atoms with Crippen LogP contribution >= 0.6 is 0 Å². The second-order valence-corrected chi connectivity index (χ2v) is 10.5. The van der Waals surface area contributed by atoms with E-state index in [1.807, 2.05) is 6.92 Å². The number of nitrogens with one attached hydrogen (secondary N) is 1. The molecule has 1 N–H and O–H groups in total. The number of carbonyl (C=O) groups excluding carboxylic acids is 1. The van der Waals surface area contributed by atoms with Gasteiger partial charge in [0.2, 0.25) is 15.9 Å². The molecule has 0 spiro atoms. The number of carbonyl (C=O) groups is 1. The minimum absolute atomic E-state index is 0.0290. The Morgan fingerprint density at radius 2 is 1.77 bits per heavy atom. The summed E-state index contributed by atoms with van der Waals surface area (Å²) in [4.78, 5) is 15.4. The maximum Gasteiger partial charge on any atom is 0.223 e. The van der Waals surface area contributed by atoms with E-state index in [0.29, 0.717) is 32.4 Å². The molecule has 0 saturated carbocycles. The van der Waals surface area contributed by atoms with Crippen molar-refractivity contribution in [1.82, 2.24) is 14.5 Å². The summed E-state index contributed by atoms with van der Waals surface area (Å²) >= 11 is 0. The van der Waals surface area contributed by atoms with Gasteiger partial charge in [0.1, 0.15) is 0 Å². The van der Waals surface area contributed by atoms with Crippen molar-refractivity contribution in [2.24, 2.45) is 5.92 Å². The predicted molar refractivity (Wildman–Crippen MR) is 118 cm³/mol. The first-order valence-electron chi connectivity index (χ1n) is 11.0. The number of ether oxygens (including phenoxy) is 1. The first-order valence-corrected chi connectivity index (χ1v) is 12.6. The average molecular weight is 438 g/mol. The molecule has 0 aromatic heterocycles. The summed E-state index contributed by atoms with van der Waals surface area (Å²) < 4.78 is 31.6. The van der Waals surface area contributed by atoms with Gasteiger partial charge in [0.05, 0.1) is 25.0 Å². The van der Waals surface area contributed by atoms with Crippen LogP contribution in [0.25, 0.3) is 0 Å². The van der Waals surface area contributed by atoms with E-state index in [-0.39, 0.29) is 23.6 Å². The summed E-state index contributed by atoms with van der Waals surface area (Å²) in [6.07, 6.45) is 1.77. The number of hydrogen-bond donors (Lipinski definition) is 1. The van der Waals surface area contributed by atoms with Crippen molar-refractivity contribution < 1.29 is 17.9 Å². The maximum atomic E-state index is 13.1. The Morgan fingerprint density at radius 1 is 1.13 bits per heavy atom. The molecule has 7 nitrogen and oxygen atoms in total. The number of piperidine rings is 1. The number of hydrogen-bond acceptors (Lipinski definition) is 5. The average Bonchev–Trinajstić information content (AvgIpc) is 2.74. The third-order valence-electron chi connectivity index (χ3n) is 6.02. The van der Waals surface area contributed by atoms with Crippen molar-refractivity contribution in [2.45, 2.75) is 39.2 Å². The topological polar surface area (TPSA) is 79.0 Å². The van der Waals surface area contributed by atoms with Crippen LogP contribution in [0.1, 0.15) is 43.4 Å². The van der Waals surface area contributed by atoms with Crippen LogP contribution < -0.4 is 5.32 Å². The molecule has 0 unspecified atom stereocenters. The molecule has 2 heterocycles. The summed E-state index contributed by atoms with van der Waals surface area (Å²) in [6, 6.07) is 8.23. The second kappa shape index (κ2) is 10.7. The highest BCUT2D eigenvalue weighted by molar-refractivity contribution is 7.89. The lowest BCUT2D eigenvalue weighted by atomic mass is 9.96. The smallest absolute Gasteiger partial charge is 0.223 e. The fourth-order valence-corrected chi connectivity index (χ4v) is 5.69.